The first kappa shape index (κ1) is 20.9. The summed E-state index contributed by atoms with van der Waals surface area (Å²) < 4.78 is 34.3. The monoisotopic (exact) mass is 442 g/mol. The van der Waals surface area contributed by atoms with E-state index in [2.05, 4.69) is 4.90 Å². The van der Waals surface area contributed by atoms with Crippen LogP contribution in [0.4, 0.5) is 0 Å². The van der Waals surface area contributed by atoms with E-state index in [0.717, 1.165) is 5.56 Å². The Balaban J connectivity index is 1.58. The van der Waals surface area contributed by atoms with Crippen LogP contribution in [0.3, 0.4) is 0 Å². The van der Waals surface area contributed by atoms with Crippen molar-refractivity contribution in [3.8, 4) is 11.5 Å². The SMILES string of the molecule is CN1CCN(S(=O)(=O)c2ccc(Oc3cccc(Cl)c3)cc2)C(c2ccccc2)C1. The fourth-order valence-corrected chi connectivity index (χ4v) is 5.40. The van der Waals surface area contributed by atoms with E-state index in [-0.39, 0.29) is 10.9 Å². The highest BCUT2D eigenvalue weighted by Gasteiger charge is 2.36. The predicted molar refractivity (Wildman–Crippen MR) is 119 cm³/mol. The van der Waals surface area contributed by atoms with Gasteiger partial charge in [0, 0.05) is 24.7 Å². The molecule has 4 rings (SSSR count). The maximum Gasteiger partial charge on any atom is 0.243 e. The van der Waals surface area contributed by atoms with Gasteiger partial charge in [-0.15, -0.1) is 0 Å². The van der Waals surface area contributed by atoms with Gasteiger partial charge in [-0.3, -0.25) is 0 Å². The highest BCUT2D eigenvalue weighted by atomic mass is 35.5. The number of hydrogen-bond donors (Lipinski definition) is 0. The maximum atomic E-state index is 13.4. The number of nitrogens with zero attached hydrogens (tertiary/aromatic N) is 2. The fourth-order valence-electron chi connectivity index (χ4n) is 3.62. The molecule has 0 N–H and O–H groups in total. The number of piperazine rings is 1. The lowest BCUT2D eigenvalue weighted by molar-refractivity contribution is 0.160. The highest BCUT2D eigenvalue weighted by Crippen LogP contribution is 2.32. The third-order valence-corrected chi connectivity index (χ3v) is 7.34. The molecular weight excluding hydrogens is 420 g/mol. The highest BCUT2D eigenvalue weighted by molar-refractivity contribution is 7.89. The largest absolute Gasteiger partial charge is 0.457 e. The average Bonchev–Trinajstić information content (AvgIpc) is 2.74. The van der Waals surface area contributed by atoms with Crippen LogP contribution < -0.4 is 4.74 Å². The number of ether oxygens (including phenoxy) is 1. The molecule has 3 aromatic rings. The van der Waals surface area contributed by atoms with Gasteiger partial charge < -0.3 is 9.64 Å². The summed E-state index contributed by atoms with van der Waals surface area (Å²) in [6.45, 7) is 1.79. The molecule has 0 aromatic heterocycles. The fraction of sp³-hybridized carbons (Fsp3) is 0.217. The molecule has 0 aliphatic carbocycles. The lowest BCUT2D eigenvalue weighted by atomic mass is 10.1. The van der Waals surface area contributed by atoms with Crippen LogP contribution in [0.2, 0.25) is 5.02 Å². The van der Waals surface area contributed by atoms with Crippen molar-refractivity contribution in [2.45, 2.75) is 10.9 Å². The summed E-state index contributed by atoms with van der Waals surface area (Å²) >= 11 is 5.99. The van der Waals surface area contributed by atoms with E-state index in [9.17, 15) is 8.42 Å². The van der Waals surface area contributed by atoms with Crippen molar-refractivity contribution in [3.05, 3.63) is 89.4 Å². The summed E-state index contributed by atoms with van der Waals surface area (Å²) in [5.41, 5.74) is 0.994. The Kier molecular flexibility index (Phi) is 6.11. The molecule has 156 valence electrons. The Labute approximate surface area is 182 Å². The standard InChI is InChI=1S/C23H23ClN2O3S/c1-25-14-15-26(23(17-25)18-6-3-2-4-7-18)30(27,28)22-12-10-20(11-13-22)29-21-9-5-8-19(24)16-21/h2-13,16,23H,14-15,17H2,1H3. The van der Waals surface area contributed by atoms with Gasteiger partial charge in [0.1, 0.15) is 11.5 Å². The number of hydrogen-bond acceptors (Lipinski definition) is 4. The van der Waals surface area contributed by atoms with Crippen LogP contribution in [0.1, 0.15) is 11.6 Å². The van der Waals surface area contributed by atoms with Crippen LogP contribution in [0.25, 0.3) is 0 Å². The molecule has 0 radical (unpaired) electrons. The Morgan fingerprint density at radius 2 is 1.63 bits per heavy atom. The lowest BCUT2D eigenvalue weighted by Gasteiger charge is -2.39. The molecule has 0 amide bonds. The smallest absolute Gasteiger partial charge is 0.243 e. The van der Waals surface area contributed by atoms with Crippen LogP contribution in [0.15, 0.2) is 83.8 Å². The molecule has 1 aliphatic heterocycles. The molecule has 1 atom stereocenters. The second kappa shape index (κ2) is 8.78. The summed E-state index contributed by atoms with van der Waals surface area (Å²) in [6, 6.07) is 23.2. The molecule has 1 heterocycles. The van der Waals surface area contributed by atoms with Crippen molar-refractivity contribution in [2.75, 3.05) is 26.7 Å². The van der Waals surface area contributed by atoms with Crippen molar-refractivity contribution in [2.24, 2.45) is 0 Å². The molecule has 1 unspecified atom stereocenters. The molecule has 3 aromatic carbocycles. The summed E-state index contributed by atoms with van der Waals surface area (Å²) in [5, 5.41) is 0.578. The number of likely N-dealkylation sites (N-methyl/N-ethyl adjacent to an activating group) is 1. The Bertz CT molecular complexity index is 1100. The third kappa shape index (κ3) is 4.52. The van der Waals surface area contributed by atoms with Gasteiger partial charge in [0.25, 0.3) is 0 Å². The zero-order valence-electron chi connectivity index (χ0n) is 16.6. The lowest BCUT2D eigenvalue weighted by Crippen LogP contribution is -2.49. The van der Waals surface area contributed by atoms with Gasteiger partial charge in [0.05, 0.1) is 10.9 Å². The second-order valence-corrected chi connectivity index (χ2v) is 9.66. The van der Waals surface area contributed by atoms with Gasteiger partial charge >= 0.3 is 0 Å². The van der Waals surface area contributed by atoms with Gasteiger partial charge in [-0.2, -0.15) is 4.31 Å². The van der Waals surface area contributed by atoms with E-state index in [1.54, 1.807) is 52.8 Å². The van der Waals surface area contributed by atoms with Crippen LogP contribution in [-0.2, 0) is 10.0 Å². The quantitative estimate of drug-likeness (QED) is 0.569. The van der Waals surface area contributed by atoms with Crippen molar-refractivity contribution >= 4 is 21.6 Å². The third-order valence-electron chi connectivity index (χ3n) is 5.18. The van der Waals surface area contributed by atoms with E-state index < -0.39 is 10.0 Å². The van der Waals surface area contributed by atoms with Crippen LogP contribution >= 0.6 is 11.6 Å². The summed E-state index contributed by atoms with van der Waals surface area (Å²) in [6.07, 6.45) is 0. The number of halogens is 1. The molecule has 5 nitrogen and oxygen atoms in total. The molecule has 0 bridgehead atoms. The zero-order chi connectivity index (χ0) is 21.1. The Hall–Kier alpha value is -2.38. The van der Waals surface area contributed by atoms with Crippen molar-refractivity contribution in [3.63, 3.8) is 0 Å². The number of benzene rings is 3. The Morgan fingerprint density at radius 1 is 0.900 bits per heavy atom. The van der Waals surface area contributed by atoms with Crippen molar-refractivity contribution in [1.29, 1.82) is 0 Å². The van der Waals surface area contributed by atoms with Crippen molar-refractivity contribution in [1.82, 2.24) is 9.21 Å². The predicted octanol–water partition coefficient (Wildman–Crippen LogP) is 4.81. The van der Waals surface area contributed by atoms with Gasteiger partial charge in [-0.1, -0.05) is 48.0 Å². The molecule has 1 saturated heterocycles. The van der Waals surface area contributed by atoms with Gasteiger partial charge in [-0.05, 0) is 55.1 Å². The maximum absolute atomic E-state index is 13.4. The number of sulfonamides is 1. The summed E-state index contributed by atoms with van der Waals surface area (Å²) in [5.74, 6) is 1.15. The van der Waals surface area contributed by atoms with E-state index in [1.165, 1.54) is 0 Å². The first-order chi connectivity index (χ1) is 14.4. The molecule has 1 fully saturated rings. The van der Waals surface area contributed by atoms with Gasteiger partial charge in [0.15, 0.2) is 0 Å². The first-order valence-electron chi connectivity index (χ1n) is 9.72. The average molecular weight is 443 g/mol. The topological polar surface area (TPSA) is 49.9 Å². The minimum atomic E-state index is -3.65. The van der Waals surface area contributed by atoms with Crippen LogP contribution in [0.5, 0.6) is 11.5 Å². The van der Waals surface area contributed by atoms with E-state index in [0.29, 0.717) is 36.2 Å². The summed E-state index contributed by atoms with van der Waals surface area (Å²) in [7, 11) is -1.63. The minimum absolute atomic E-state index is 0.225. The normalized spacial score (nSPS) is 18.3. The summed E-state index contributed by atoms with van der Waals surface area (Å²) in [4.78, 5) is 2.41. The van der Waals surface area contributed by atoms with E-state index in [4.69, 9.17) is 16.3 Å². The number of rotatable bonds is 5. The van der Waals surface area contributed by atoms with Crippen LogP contribution in [0, 0.1) is 0 Å². The molecule has 30 heavy (non-hydrogen) atoms. The molecule has 7 heteroatoms. The molecule has 0 saturated carbocycles. The zero-order valence-corrected chi connectivity index (χ0v) is 18.2. The van der Waals surface area contributed by atoms with Crippen LogP contribution in [-0.4, -0.2) is 44.3 Å². The molecule has 1 aliphatic rings. The van der Waals surface area contributed by atoms with Gasteiger partial charge in [-0.25, -0.2) is 8.42 Å². The molecule has 0 spiro atoms. The van der Waals surface area contributed by atoms with Gasteiger partial charge in [0.2, 0.25) is 10.0 Å². The van der Waals surface area contributed by atoms with E-state index >= 15 is 0 Å². The molecular formula is C23H23ClN2O3S. The van der Waals surface area contributed by atoms with E-state index in [1.807, 2.05) is 37.4 Å². The minimum Gasteiger partial charge on any atom is -0.457 e. The first-order valence-corrected chi connectivity index (χ1v) is 11.5. The second-order valence-electron chi connectivity index (χ2n) is 7.34. The Morgan fingerprint density at radius 3 is 2.33 bits per heavy atom. The van der Waals surface area contributed by atoms with Crippen molar-refractivity contribution < 1.29 is 13.2 Å².